The maximum atomic E-state index is 13.3. The average Bonchev–Trinajstić information content (AvgIpc) is 3.33. The van der Waals surface area contributed by atoms with E-state index in [-0.39, 0.29) is 5.76 Å². The summed E-state index contributed by atoms with van der Waals surface area (Å²) in [6.07, 6.45) is 0. The molecule has 0 saturated carbocycles. The van der Waals surface area contributed by atoms with Gasteiger partial charge in [-0.05, 0) is 83.6 Å². The van der Waals surface area contributed by atoms with Crippen LogP contribution in [0.3, 0.4) is 0 Å². The minimum Gasteiger partial charge on any atom is -0.497 e. The number of hydrogen-bond acceptors (Lipinski definition) is 6. The minimum atomic E-state index is -1.04. The summed E-state index contributed by atoms with van der Waals surface area (Å²) in [5, 5.41) is 18.2. The first-order valence-electron chi connectivity index (χ1n) is 11.4. The van der Waals surface area contributed by atoms with E-state index in [2.05, 4.69) is 48.7 Å². The largest absolute Gasteiger partial charge is 0.497 e. The molecule has 0 radical (unpaired) electrons. The molecule has 184 valence electrons. The number of aromatic hydroxyl groups is 1. The molecule has 0 saturated heterocycles. The highest BCUT2D eigenvalue weighted by molar-refractivity contribution is 6.00. The van der Waals surface area contributed by atoms with Crippen molar-refractivity contribution in [3.8, 4) is 22.8 Å². The predicted octanol–water partition coefficient (Wildman–Crippen LogP) is 5.09. The second-order valence-corrected chi connectivity index (χ2v) is 8.48. The predicted molar refractivity (Wildman–Crippen MR) is 136 cm³/mol. The van der Waals surface area contributed by atoms with E-state index < -0.39 is 23.7 Å². The molecule has 0 fully saturated rings. The van der Waals surface area contributed by atoms with E-state index in [4.69, 9.17) is 9.26 Å². The summed E-state index contributed by atoms with van der Waals surface area (Å²) in [6, 6.07) is 18.5. The van der Waals surface area contributed by atoms with E-state index in [9.17, 15) is 14.7 Å². The second kappa shape index (κ2) is 10.4. The Morgan fingerprint density at radius 1 is 0.944 bits per heavy atom. The third-order valence-electron chi connectivity index (χ3n) is 6.23. The molecule has 4 aromatic rings. The Morgan fingerprint density at radius 2 is 1.64 bits per heavy atom. The molecule has 0 aliphatic carbocycles. The average molecular weight is 486 g/mol. The highest BCUT2D eigenvalue weighted by Crippen LogP contribution is 2.29. The molecule has 0 aliphatic heterocycles. The van der Waals surface area contributed by atoms with Crippen LogP contribution in [0.1, 0.15) is 38.9 Å². The maximum absolute atomic E-state index is 13.3. The van der Waals surface area contributed by atoms with Crippen molar-refractivity contribution in [2.24, 2.45) is 0 Å². The first-order valence-corrected chi connectivity index (χ1v) is 11.4. The fourth-order valence-corrected chi connectivity index (χ4v) is 3.89. The van der Waals surface area contributed by atoms with Crippen molar-refractivity contribution in [1.82, 2.24) is 10.5 Å². The first kappa shape index (κ1) is 24.5. The fourth-order valence-electron chi connectivity index (χ4n) is 3.89. The van der Waals surface area contributed by atoms with E-state index in [1.807, 2.05) is 24.3 Å². The molecule has 1 atom stereocenters. The molecule has 4 rings (SSSR count). The van der Waals surface area contributed by atoms with Crippen LogP contribution in [0.5, 0.6) is 11.6 Å². The molecule has 3 aromatic carbocycles. The van der Waals surface area contributed by atoms with Gasteiger partial charge in [-0.2, -0.15) is 0 Å². The van der Waals surface area contributed by atoms with Crippen molar-refractivity contribution in [3.63, 3.8) is 0 Å². The third kappa shape index (κ3) is 5.22. The Morgan fingerprint density at radius 3 is 2.25 bits per heavy atom. The number of ether oxygens (including phenoxy) is 1. The quantitative estimate of drug-likeness (QED) is 0.336. The van der Waals surface area contributed by atoms with Crippen LogP contribution in [0.4, 0.5) is 5.69 Å². The van der Waals surface area contributed by atoms with Crippen molar-refractivity contribution >= 4 is 17.5 Å². The first-order chi connectivity index (χ1) is 17.3. The molecular weight excluding hydrogens is 458 g/mol. The van der Waals surface area contributed by atoms with Crippen LogP contribution in [0.15, 0.2) is 71.3 Å². The van der Waals surface area contributed by atoms with Gasteiger partial charge >= 0.3 is 0 Å². The van der Waals surface area contributed by atoms with Gasteiger partial charge in [0, 0.05) is 5.69 Å². The topological polar surface area (TPSA) is 114 Å². The van der Waals surface area contributed by atoms with Crippen LogP contribution in [0, 0.1) is 20.8 Å². The number of aryl methyl sites for hydroxylation is 1. The zero-order valence-corrected chi connectivity index (χ0v) is 20.5. The van der Waals surface area contributed by atoms with E-state index in [0.717, 1.165) is 17.2 Å². The number of carbonyl (C=O) groups is 2. The lowest BCUT2D eigenvalue weighted by Crippen LogP contribution is -2.36. The Bertz CT molecular complexity index is 1390. The maximum Gasteiger partial charge on any atom is 0.290 e. The number of anilines is 1. The summed E-state index contributed by atoms with van der Waals surface area (Å²) in [5.74, 6) is -1.18. The van der Waals surface area contributed by atoms with Gasteiger partial charge < -0.3 is 25.0 Å². The Balaban J connectivity index is 1.56. The number of nitrogens with zero attached hydrogens (tertiary/aromatic N) is 1. The zero-order chi connectivity index (χ0) is 25.8. The van der Waals surface area contributed by atoms with Gasteiger partial charge in [-0.25, -0.2) is 0 Å². The van der Waals surface area contributed by atoms with E-state index in [0.29, 0.717) is 17.0 Å². The van der Waals surface area contributed by atoms with Crippen LogP contribution < -0.4 is 15.4 Å². The van der Waals surface area contributed by atoms with Crippen LogP contribution in [-0.4, -0.2) is 29.2 Å². The number of rotatable bonds is 7. The molecule has 8 heteroatoms. The second-order valence-electron chi connectivity index (χ2n) is 8.48. The van der Waals surface area contributed by atoms with Crippen molar-refractivity contribution < 1.29 is 24.0 Å². The number of benzene rings is 3. The Labute approximate surface area is 208 Å². The lowest BCUT2D eigenvalue weighted by atomic mass is 9.94. The van der Waals surface area contributed by atoms with Gasteiger partial charge in [-0.15, -0.1) is 0 Å². The molecule has 0 aliphatic rings. The van der Waals surface area contributed by atoms with Crippen LogP contribution in [-0.2, 0) is 4.79 Å². The van der Waals surface area contributed by atoms with Gasteiger partial charge in [-0.3, -0.25) is 9.59 Å². The number of aromatic nitrogens is 1. The van der Waals surface area contributed by atoms with Gasteiger partial charge in [0.25, 0.3) is 17.7 Å². The summed E-state index contributed by atoms with van der Waals surface area (Å²) in [7, 11) is 1.54. The molecule has 0 spiro atoms. The minimum absolute atomic E-state index is 0.216. The van der Waals surface area contributed by atoms with E-state index in [1.165, 1.54) is 16.7 Å². The zero-order valence-electron chi connectivity index (χ0n) is 20.5. The molecule has 1 heterocycles. The van der Waals surface area contributed by atoms with Gasteiger partial charge in [0.2, 0.25) is 5.76 Å². The molecule has 1 unspecified atom stereocenters. The lowest BCUT2D eigenvalue weighted by Gasteiger charge is -2.19. The standard InChI is InChI=1S/C28H27N3O5/c1-16-5-14-23(18(3)17(16)2)19-6-10-21(11-7-19)29-28(34)26(20-8-12-22(35-4)13-9-20)30-27(33)24-15-25(32)31-36-24/h5-15,26H,1-4H3,(H,29,34)(H,30,33)(H,31,32). The van der Waals surface area contributed by atoms with Crippen LogP contribution in [0.2, 0.25) is 0 Å². The molecular formula is C28H27N3O5. The normalized spacial score (nSPS) is 11.6. The highest BCUT2D eigenvalue weighted by atomic mass is 16.5. The fraction of sp³-hybridized carbons (Fsp3) is 0.179. The number of hydrogen-bond donors (Lipinski definition) is 3. The van der Waals surface area contributed by atoms with Gasteiger partial charge in [0.15, 0.2) is 0 Å². The number of nitrogens with one attached hydrogen (secondary N) is 2. The summed E-state index contributed by atoms with van der Waals surface area (Å²) in [6.45, 7) is 6.30. The SMILES string of the molecule is COc1ccc(C(NC(=O)c2cc(O)no2)C(=O)Nc2ccc(-c3ccc(C)c(C)c3C)cc2)cc1. The summed E-state index contributed by atoms with van der Waals surface area (Å²) < 4.78 is 10.0. The Hall–Kier alpha value is -4.59. The molecule has 0 bridgehead atoms. The van der Waals surface area contributed by atoms with Crippen molar-refractivity contribution in [3.05, 3.63) is 94.7 Å². The number of methoxy groups -OCH3 is 1. The third-order valence-corrected chi connectivity index (χ3v) is 6.23. The molecule has 8 nitrogen and oxygen atoms in total. The lowest BCUT2D eigenvalue weighted by molar-refractivity contribution is -0.118. The van der Waals surface area contributed by atoms with Crippen LogP contribution >= 0.6 is 0 Å². The van der Waals surface area contributed by atoms with E-state index in [1.54, 1.807) is 31.4 Å². The summed E-state index contributed by atoms with van der Waals surface area (Å²) >= 11 is 0. The molecule has 36 heavy (non-hydrogen) atoms. The van der Waals surface area contributed by atoms with Crippen molar-refractivity contribution in [2.45, 2.75) is 26.8 Å². The molecule has 2 amide bonds. The van der Waals surface area contributed by atoms with Crippen LogP contribution in [0.25, 0.3) is 11.1 Å². The van der Waals surface area contributed by atoms with Gasteiger partial charge in [0.05, 0.1) is 13.2 Å². The monoisotopic (exact) mass is 485 g/mol. The van der Waals surface area contributed by atoms with E-state index >= 15 is 0 Å². The van der Waals surface area contributed by atoms with Crippen molar-refractivity contribution in [1.29, 1.82) is 0 Å². The van der Waals surface area contributed by atoms with Gasteiger partial charge in [-0.1, -0.05) is 36.4 Å². The summed E-state index contributed by atoms with van der Waals surface area (Å²) in [5.41, 5.74) is 7.00. The van der Waals surface area contributed by atoms with Gasteiger partial charge in [0.1, 0.15) is 11.8 Å². The summed E-state index contributed by atoms with van der Waals surface area (Å²) in [4.78, 5) is 25.9. The number of amides is 2. The molecule has 3 N–H and O–H groups in total. The number of carbonyl (C=O) groups excluding carboxylic acids is 2. The molecule has 1 aromatic heterocycles. The highest BCUT2D eigenvalue weighted by Gasteiger charge is 2.25. The smallest absolute Gasteiger partial charge is 0.290 e. The Kier molecular flexibility index (Phi) is 7.05. The van der Waals surface area contributed by atoms with Crippen molar-refractivity contribution in [2.75, 3.05) is 12.4 Å².